The molecule has 72 valence electrons. The van der Waals surface area contributed by atoms with E-state index in [0.717, 1.165) is 12.1 Å². The summed E-state index contributed by atoms with van der Waals surface area (Å²) in [5, 5.41) is -0.401. The summed E-state index contributed by atoms with van der Waals surface area (Å²) in [6, 6.07) is 5.03. The summed E-state index contributed by atoms with van der Waals surface area (Å²) in [6.07, 6.45) is -4.29. The van der Waals surface area contributed by atoms with E-state index in [1.807, 2.05) is 0 Å². The summed E-state index contributed by atoms with van der Waals surface area (Å²) in [6.45, 7) is 1.64. The van der Waals surface area contributed by atoms with Crippen LogP contribution in [0.15, 0.2) is 24.3 Å². The van der Waals surface area contributed by atoms with Gasteiger partial charge in [0, 0.05) is 0 Å². The van der Waals surface area contributed by atoms with Crippen molar-refractivity contribution in [2.45, 2.75) is 18.5 Å². The number of hydrogen-bond donors (Lipinski definition) is 0. The summed E-state index contributed by atoms with van der Waals surface area (Å²) in [7, 11) is 0. The molecule has 0 nitrogen and oxygen atoms in total. The van der Waals surface area contributed by atoms with Crippen LogP contribution in [-0.2, 0) is 6.18 Å². The predicted octanol–water partition coefficient (Wildman–Crippen LogP) is 4.01. The van der Waals surface area contributed by atoms with Crippen LogP contribution < -0.4 is 0 Å². The third kappa shape index (κ3) is 2.62. The monoisotopic (exact) mass is 208 g/mol. The van der Waals surface area contributed by atoms with Crippen LogP contribution in [0.3, 0.4) is 0 Å². The largest absolute Gasteiger partial charge is 0.416 e. The summed E-state index contributed by atoms with van der Waals surface area (Å²) in [5.74, 6) is 0. The second-order valence-electron chi connectivity index (χ2n) is 2.74. The van der Waals surface area contributed by atoms with Gasteiger partial charge in [-0.3, -0.25) is 0 Å². The predicted molar refractivity (Wildman–Crippen MR) is 45.7 cm³/mol. The van der Waals surface area contributed by atoms with E-state index in [-0.39, 0.29) is 0 Å². The lowest BCUT2D eigenvalue weighted by Crippen LogP contribution is -2.05. The Morgan fingerprint density at radius 1 is 1.31 bits per heavy atom. The molecule has 1 atom stereocenters. The molecule has 0 saturated heterocycles. The Balaban J connectivity index is 3.06. The molecule has 1 unspecified atom stereocenters. The lowest BCUT2D eigenvalue weighted by Gasteiger charge is -2.09. The van der Waals surface area contributed by atoms with Gasteiger partial charge in [-0.1, -0.05) is 18.2 Å². The molecule has 0 aliphatic heterocycles. The Morgan fingerprint density at radius 2 is 1.92 bits per heavy atom. The van der Waals surface area contributed by atoms with E-state index in [0.29, 0.717) is 5.56 Å². The molecule has 0 aliphatic rings. The molecule has 0 radical (unpaired) electrons. The first-order valence-corrected chi connectivity index (χ1v) is 4.16. The van der Waals surface area contributed by atoms with Crippen LogP contribution >= 0.6 is 11.6 Å². The Hall–Kier alpha value is -0.700. The normalized spacial score (nSPS) is 14.2. The van der Waals surface area contributed by atoms with Gasteiger partial charge < -0.3 is 0 Å². The molecule has 0 bridgehead atoms. The van der Waals surface area contributed by atoms with Gasteiger partial charge in [-0.15, -0.1) is 11.6 Å². The highest BCUT2D eigenvalue weighted by atomic mass is 35.5. The molecule has 1 aromatic carbocycles. The zero-order chi connectivity index (χ0) is 10.1. The van der Waals surface area contributed by atoms with Crippen LogP contribution in [0.2, 0.25) is 0 Å². The minimum Gasteiger partial charge on any atom is -0.166 e. The molecule has 0 fully saturated rings. The fourth-order valence-electron chi connectivity index (χ4n) is 0.962. The third-order valence-electron chi connectivity index (χ3n) is 1.67. The molecular formula is C9H8ClF3. The molecule has 13 heavy (non-hydrogen) atoms. The minimum atomic E-state index is -4.29. The fourth-order valence-corrected chi connectivity index (χ4v) is 1.10. The van der Waals surface area contributed by atoms with Crippen molar-refractivity contribution in [1.82, 2.24) is 0 Å². The van der Waals surface area contributed by atoms with Crippen molar-refractivity contribution < 1.29 is 13.2 Å². The van der Waals surface area contributed by atoms with Crippen molar-refractivity contribution in [1.29, 1.82) is 0 Å². The Kier molecular flexibility index (Phi) is 2.86. The first kappa shape index (κ1) is 10.4. The van der Waals surface area contributed by atoms with E-state index in [1.165, 1.54) is 6.07 Å². The maximum Gasteiger partial charge on any atom is 0.416 e. The van der Waals surface area contributed by atoms with Gasteiger partial charge in [-0.2, -0.15) is 13.2 Å². The van der Waals surface area contributed by atoms with Crippen molar-refractivity contribution in [3.63, 3.8) is 0 Å². The van der Waals surface area contributed by atoms with Crippen LogP contribution in [0, 0.1) is 0 Å². The summed E-state index contributed by atoms with van der Waals surface area (Å²) in [5.41, 5.74) is -0.172. The van der Waals surface area contributed by atoms with Crippen LogP contribution in [0.1, 0.15) is 23.4 Å². The molecule has 0 N–H and O–H groups in total. The van der Waals surface area contributed by atoms with Crippen LogP contribution in [0.5, 0.6) is 0 Å². The lowest BCUT2D eigenvalue weighted by atomic mass is 10.1. The van der Waals surface area contributed by atoms with E-state index < -0.39 is 17.1 Å². The Labute approximate surface area is 79.3 Å². The van der Waals surface area contributed by atoms with E-state index in [2.05, 4.69) is 0 Å². The molecule has 1 rings (SSSR count). The van der Waals surface area contributed by atoms with Crippen molar-refractivity contribution in [2.24, 2.45) is 0 Å². The number of alkyl halides is 4. The highest BCUT2D eigenvalue weighted by Crippen LogP contribution is 2.31. The SMILES string of the molecule is CC(Cl)c1cccc(C(F)(F)F)c1. The first-order chi connectivity index (χ1) is 5.91. The average Bonchev–Trinajstić information content (AvgIpc) is 2.03. The summed E-state index contributed by atoms with van der Waals surface area (Å²) < 4.78 is 36.6. The van der Waals surface area contributed by atoms with E-state index >= 15 is 0 Å². The van der Waals surface area contributed by atoms with Gasteiger partial charge in [0.15, 0.2) is 0 Å². The summed E-state index contributed by atoms with van der Waals surface area (Å²) in [4.78, 5) is 0. The minimum absolute atomic E-state index is 0.401. The number of halogens is 4. The lowest BCUT2D eigenvalue weighted by molar-refractivity contribution is -0.137. The molecule has 0 aromatic heterocycles. The van der Waals surface area contributed by atoms with Crippen molar-refractivity contribution in [2.75, 3.05) is 0 Å². The highest BCUT2D eigenvalue weighted by Gasteiger charge is 2.30. The molecule has 0 heterocycles. The number of hydrogen-bond acceptors (Lipinski definition) is 0. The van der Waals surface area contributed by atoms with E-state index in [1.54, 1.807) is 13.0 Å². The van der Waals surface area contributed by atoms with Gasteiger partial charge in [0.25, 0.3) is 0 Å². The standard InChI is InChI=1S/C9H8ClF3/c1-6(10)7-3-2-4-8(5-7)9(11,12)13/h2-6H,1H3. The molecule has 0 spiro atoms. The van der Waals surface area contributed by atoms with E-state index in [9.17, 15) is 13.2 Å². The quantitative estimate of drug-likeness (QED) is 0.612. The smallest absolute Gasteiger partial charge is 0.166 e. The van der Waals surface area contributed by atoms with Crippen molar-refractivity contribution in [3.05, 3.63) is 35.4 Å². The first-order valence-electron chi connectivity index (χ1n) is 3.72. The Bertz CT molecular complexity index is 291. The zero-order valence-electron chi connectivity index (χ0n) is 6.90. The molecular weight excluding hydrogens is 201 g/mol. The van der Waals surface area contributed by atoms with Gasteiger partial charge in [0.1, 0.15) is 0 Å². The number of rotatable bonds is 1. The molecule has 0 saturated carbocycles. The molecule has 4 heteroatoms. The van der Waals surface area contributed by atoms with Gasteiger partial charge >= 0.3 is 6.18 Å². The topological polar surface area (TPSA) is 0 Å². The van der Waals surface area contributed by atoms with Crippen molar-refractivity contribution >= 4 is 11.6 Å². The van der Waals surface area contributed by atoms with Gasteiger partial charge in [0.2, 0.25) is 0 Å². The molecule has 0 aliphatic carbocycles. The molecule has 1 aromatic rings. The van der Waals surface area contributed by atoms with Crippen LogP contribution in [0.4, 0.5) is 13.2 Å². The van der Waals surface area contributed by atoms with Gasteiger partial charge in [-0.05, 0) is 18.6 Å². The van der Waals surface area contributed by atoms with Crippen LogP contribution in [-0.4, -0.2) is 0 Å². The van der Waals surface area contributed by atoms with Crippen molar-refractivity contribution in [3.8, 4) is 0 Å². The number of benzene rings is 1. The average molecular weight is 209 g/mol. The molecule has 0 amide bonds. The summed E-state index contributed by atoms with van der Waals surface area (Å²) >= 11 is 5.66. The zero-order valence-corrected chi connectivity index (χ0v) is 7.65. The van der Waals surface area contributed by atoms with Gasteiger partial charge in [-0.25, -0.2) is 0 Å². The third-order valence-corrected chi connectivity index (χ3v) is 1.93. The van der Waals surface area contributed by atoms with Gasteiger partial charge in [0.05, 0.1) is 10.9 Å². The second-order valence-corrected chi connectivity index (χ2v) is 3.39. The maximum absolute atomic E-state index is 12.2. The maximum atomic E-state index is 12.2. The fraction of sp³-hybridized carbons (Fsp3) is 0.333. The van der Waals surface area contributed by atoms with Crippen LogP contribution in [0.25, 0.3) is 0 Å². The highest BCUT2D eigenvalue weighted by molar-refractivity contribution is 6.20. The second kappa shape index (κ2) is 3.58. The van der Waals surface area contributed by atoms with E-state index in [4.69, 9.17) is 11.6 Å². The Morgan fingerprint density at radius 3 is 2.38 bits per heavy atom.